The molecule has 0 aromatic heterocycles. The Morgan fingerprint density at radius 3 is 2.29 bits per heavy atom. The van der Waals surface area contributed by atoms with Crippen LogP contribution in [0, 0.1) is 17.8 Å². The zero-order chi connectivity index (χ0) is 24.1. The number of aliphatic carboxylic acids is 1. The molecule has 180 valence electrons. The van der Waals surface area contributed by atoms with Crippen molar-refractivity contribution < 1.29 is 24.2 Å². The number of alkyl carbamates (subject to hydrolysis) is 1. The van der Waals surface area contributed by atoms with Crippen molar-refractivity contribution in [3.05, 3.63) is 59.7 Å². The minimum absolute atomic E-state index is 0.00442. The van der Waals surface area contributed by atoms with Gasteiger partial charge >= 0.3 is 12.1 Å². The van der Waals surface area contributed by atoms with Crippen LogP contribution in [0.1, 0.15) is 49.7 Å². The Morgan fingerprint density at radius 1 is 1.00 bits per heavy atom. The summed E-state index contributed by atoms with van der Waals surface area (Å²) in [4.78, 5) is 35.2. The van der Waals surface area contributed by atoms with Gasteiger partial charge in [0, 0.05) is 31.3 Å². The molecule has 2 aliphatic carbocycles. The quantitative estimate of drug-likeness (QED) is 0.463. The normalized spacial score (nSPS) is 19.0. The maximum atomic E-state index is 12.3. The molecular formula is C27H32N2O5. The van der Waals surface area contributed by atoms with E-state index < -0.39 is 12.1 Å². The van der Waals surface area contributed by atoms with E-state index in [2.05, 4.69) is 34.9 Å². The number of fused-ring (bicyclic) bond motifs is 3. The largest absolute Gasteiger partial charge is 0.481 e. The van der Waals surface area contributed by atoms with Gasteiger partial charge in [-0.25, -0.2) is 4.79 Å². The Labute approximate surface area is 199 Å². The zero-order valence-corrected chi connectivity index (χ0v) is 19.5. The minimum Gasteiger partial charge on any atom is -0.481 e. The highest BCUT2D eigenvalue weighted by atomic mass is 16.5. The lowest BCUT2D eigenvalue weighted by Gasteiger charge is -2.14. The highest BCUT2D eigenvalue weighted by Crippen LogP contribution is 2.44. The van der Waals surface area contributed by atoms with Gasteiger partial charge in [-0.2, -0.15) is 0 Å². The summed E-state index contributed by atoms with van der Waals surface area (Å²) in [5.74, 6) is -0.462. The van der Waals surface area contributed by atoms with E-state index in [1.54, 1.807) is 0 Å². The fourth-order valence-corrected chi connectivity index (χ4v) is 4.75. The summed E-state index contributed by atoms with van der Waals surface area (Å²) in [6.07, 6.45) is 1.82. The molecule has 1 saturated carbocycles. The number of nitrogens with one attached hydrogen (secondary N) is 2. The zero-order valence-electron chi connectivity index (χ0n) is 19.5. The number of carbonyl (C=O) groups is 3. The first-order valence-electron chi connectivity index (χ1n) is 12.0. The molecule has 4 rings (SSSR count). The van der Waals surface area contributed by atoms with Crippen LogP contribution in [0.2, 0.25) is 0 Å². The summed E-state index contributed by atoms with van der Waals surface area (Å²) in [5.41, 5.74) is 4.73. The van der Waals surface area contributed by atoms with Crippen molar-refractivity contribution in [1.29, 1.82) is 0 Å². The number of carboxylic acid groups (broad SMARTS) is 1. The minimum atomic E-state index is -0.791. The van der Waals surface area contributed by atoms with Crippen molar-refractivity contribution in [2.24, 2.45) is 17.8 Å². The Hall–Kier alpha value is -3.35. The number of amides is 2. The van der Waals surface area contributed by atoms with Gasteiger partial charge in [-0.05, 0) is 53.4 Å². The van der Waals surface area contributed by atoms with Gasteiger partial charge in [-0.15, -0.1) is 0 Å². The summed E-state index contributed by atoms with van der Waals surface area (Å²) in [6, 6.07) is 16.4. The van der Waals surface area contributed by atoms with E-state index in [-0.39, 0.29) is 42.6 Å². The lowest BCUT2D eigenvalue weighted by Crippen LogP contribution is -2.31. The van der Waals surface area contributed by atoms with Crippen LogP contribution in [0.5, 0.6) is 0 Å². The van der Waals surface area contributed by atoms with Gasteiger partial charge in [0.2, 0.25) is 5.91 Å². The predicted molar refractivity (Wildman–Crippen MR) is 128 cm³/mol. The highest BCUT2D eigenvalue weighted by molar-refractivity contribution is 5.82. The molecule has 2 amide bonds. The van der Waals surface area contributed by atoms with Gasteiger partial charge in [0.25, 0.3) is 0 Å². The van der Waals surface area contributed by atoms with Crippen LogP contribution in [0.15, 0.2) is 48.5 Å². The average Bonchev–Trinajstić information content (AvgIpc) is 3.55. The number of hydrogen-bond acceptors (Lipinski definition) is 4. The van der Waals surface area contributed by atoms with Crippen LogP contribution in [0.3, 0.4) is 0 Å². The second kappa shape index (κ2) is 10.7. The number of hydrogen-bond donors (Lipinski definition) is 3. The summed E-state index contributed by atoms with van der Waals surface area (Å²) in [6.45, 7) is 3.23. The molecule has 1 fully saturated rings. The van der Waals surface area contributed by atoms with Crippen LogP contribution in [0.4, 0.5) is 4.79 Å². The van der Waals surface area contributed by atoms with Crippen molar-refractivity contribution in [1.82, 2.24) is 10.6 Å². The molecule has 3 atom stereocenters. The molecule has 1 unspecified atom stereocenters. The fourth-order valence-electron chi connectivity index (χ4n) is 4.75. The molecule has 0 heterocycles. The van der Waals surface area contributed by atoms with Gasteiger partial charge in [0.15, 0.2) is 0 Å². The SMILES string of the molecule is CC(CCNC(=O)[C@@H]1C[C@@H]1CNC(=O)OCC1c2ccccc2-c2ccccc21)CCC(=O)O. The molecule has 0 bridgehead atoms. The second-order valence-electron chi connectivity index (χ2n) is 9.43. The number of ether oxygens (including phenoxy) is 1. The predicted octanol–water partition coefficient (Wildman–Crippen LogP) is 4.17. The topological polar surface area (TPSA) is 105 Å². The Kier molecular flexibility index (Phi) is 7.50. The van der Waals surface area contributed by atoms with Crippen molar-refractivity contribution >= 4 is 18.0 Å². The van der Waals surface area contributed by atoms with Gasteiger partial charge in [0.05, 0.1) is 0 Å². The molecule has 7 heteroatoms. The van der Waals surface area contributed by atoms with Crippen molar-refractivity contribution in [3.63, 3.8) is 0 Å². The molecule has 7 nitrogen and oxygen atoms in total. The van der Waals surface area contributed by atoms with Crippen molar-refractivity contribution in [2.75, 3.05) is 19.7 Å². The van der Waals surface area contributed by atoms with Gasteiger partial charge in [-0.1, -0.05) is 55.5 Å². The first kappa shape index (κ1) is 23.8. The average molecular weight is 465 g/mol. The second-order valence-corrected chi connectivity index (χ2v) is 9.43. The molecule has 2 aromatic carbocycles. The van der Waals surface area contributed by atoms with E-state index >= 15 is 0 Å². The number of benzene rings is 2. The van der Waals surface area contributed by atoms with Crippen molar-refractivity contribution in [2.45, 2.75) is 38.5 Å². The molecule has 0 aliphatic heterocycles. The maximum Gasteiger partial charge on any atom is 0.407 e. The molecule has 34 heavy (non-hydrogen) atoms. The monoisotopic (exact) mass is 464 g/mol. The van der Waals surface area contributed by atoms with Crippen LogP contribution < -0.4 is 10.6 Å². The molecule has 0 saturated heterocycles. The molecule has 2 aromatic rings. The maximum absolute atomic E-state index is 12.3. The van der Waals surface area contributed by atoms with E-state index in [1.807, 2.05) is 31.2 Å². The van der Waals surface area contributed by atoms with E-state index in [0.29, 0.717) is 19.5 Å². The van der Waals surface area contributed by atoms with Crippen LogP contribution >= 0.6 is 0 Å². The number of carboxylic acids is 1. The van der Waals surface area contributed by atoms with Gasteiger partial charge in [0.1, 0.15) is 6.61 Å². The summed E-state index contributed by atoms with van der Waals surface area (Å²) >= 11 is 0. The van der Waals surface area contributed by atoms with Crippen LogP contribution in [-0.2, 0) is 14.3 Å². The third-order valence-corrected chi connectivity index (χ3v) is 6.90. The lowest BCUT2D eigenvalue weighted by molar-refractivity contribution is -0.137. The van der Waals surface area contributed by atoms with E-state index in [4.69, 9.17) is 9.84 Å². The third-order valence-electron chi connectivity index (χ3n) is 6.90. The standard InChI is InChI=1S/C27H32N2O5/c1-17(10-11-25(30)31)12-13-28-26(32)23-14-18(23)15-29-27(33)34-16-24-21-8-4-2-6-19(21)20-7-3-5-9-22(20)24/h2-9,17-18,23-24H,10-16H2,1H3,(H,28,32)(H,29,33)(H,30,31)/t17?,18-,23-/m1/s1. The van der Waals surface area contributed by atoms with Crippen molar-refractivity contribution in [3.8, 4) is 11.1 Å². The molecule has 0 radical (unpaired) electrons. The third kappa shape index (κ3) is 5.76. The molecule has 2 aliphatic rings. The summed E-state index contributed by atoms with van der Waals surface area (Å²) < 4.78 is 5.55. The van der Waals surface area contributed by atoms with Crippen LogP contribution in [-0.4, -0.2) is 42.8 Å². The molecule has 0 spiro atoms. The molecule has 3 N–H and O–H groups in total. The van der Waals surface area contributed by atoms with E-state index in [0.717, 1.165) is 12.8 Å². The van der Waals surface area contributed by atoms with Gasteiger partial charge < -0.3 is 20.5 Å². The summed E-state index contributed by atoms with van der Waals surface area (Å²) in [5, 5.41) is 14.5. The summed E-state index contributed by atoms with van der Waals surface area (Å²) in [7, 11) is 0. The Balaban J connectivity index is 1.16. The Bertz CT molecular complexity index is 1010. The number of rotatable bonds is 11. The van der Waals surface area contributed by atoms with E-state index in [9.17, 15) is 14.4 Å². The van der Waals surface area contributed by atoms with E-state index in [1.165, 1.54) is 22.3 Å². The van der Waals surface area contributed by atoms with Crippen LogP contribution in [0.25, 0.3) is 11.1 Å². The van der Waals surface area contributed by atoms with Gasteiger partial charge in [-0.3, -0.25) is 9.59 Å². The fraction of sp³-hybridized carbons (Fsp3) is 0.444. The molecular weight excluding hydrogens is 432 g/mol. The highest BCUT2D eigenvalue weighted by Gasteiger charge is 2.42. The smallest absolute Gasteiger partial charge is 0.407 e. The number of carbonyl (C=O) groups excluding carboxylic acids is 2. The first-order chi connectivity index (χ1) is 16.4. The first-order valence-corrected chi connectivity index (χ1v) is 12.0. The Morgan fingerprint density at radius 2 is 1.65 bits per heavy atom. The lowest BCUT2D eigenvalue weighted by atomic mass is 9.98.